The summed E-state index contributed by atoms with van der Waals surface area (Å²) in [6.07, 6.45) is 3.23. The smallest absolute Gasteiger partial charge is 0.356 e. The number of phosphoric ester groups is 1. The van der Waals surface area contributed by atoms with Crippen LogP contribution in [-0.4, -0.2) is 32.3 Å². The van der Waals surface area contributed by atoms with Crippen LogP contribution in [0.5, 0.6) is 0 Å². The fraction of sp³-hybridized carbons (Fsp3) is 0.929. The van der Waals surface area contributed by atoms with Crippen molar-refractivity contribution in [2.24, 2.45) is 5.92 Å². The van der Waals surface area contributed by atoms with Crippen molar-refractivity contribution in [2.45, 2.75) is 59.5 Å². The van der Waals surface area contributed by atoms with Crippen molar-refractivity contribution in [1.82, 2.24) is 5.32 Å². The summed E-state index contributed by atoms with van der Waals surface area (Å²) in [5, 5.41) is 2.86. The second kappa shape index (κ2) is 12.0. The molecule has 0 spiro atoms. The number of rotatable bonds is 13. The van der Waals surface area contributed by atoms with Gasteiger partial charge in [-0.1, -0.05) is 26.7 Å². The van der Waals surface area contributed by atoms with E-state index >= 15 is 0 Å². The summed E-state index contributed by atoms with van der Waals surface area (Å²) < 4.78 is 26.9. The average Bonchev–Trinajstić information content (AvgIpc) is 2.40. The Labute approximate surface area is 133 Å². The van der Waals surface area contributed by atoms with Gasteiger partial charge >= 0.3 is 7.82 Å². The lowest BCUT2D eigenvalue weighted by atomic mass is 10.2. The van der Waals surface area contributed by atoms with Gasteiger partial charge in [0.05, 0.1) is 19.8 Å². The summed E-state index contributed by atoms with van der Waals surface area (Å²) in [4.78, 5) is 15.7. The highest BCUT2D eigenvalue weighted by Crippen LogP contribution is 2.50. The van der Waals surface area contributed by atoms with E-state index in [0.29, 0.717) is 6.54 Å². The Balaban J connectivity index is 3.70. The molecule has 0 aromatic carbocycles. The van der Waals surface area contributed by atoms with Crippen molar-refractivity contribution in [3.63, 3.8) is 0 Å². The predicted molar refractivity (Wildman–Crippen MR) is 84.2 cm³/mol. The van der Waals surface area contributed by atoms with Crippen LogP contribution in [0.25, 0.3) is 0 Å². The summed E-state index contributed by atoms with van der Waals surface area (Å²) >= 11 is 0. The molecule has 0 aromatic heterocycles. The van der Waals surface area contributed by atoms with Gasteiger partial charge < -0.3 is 5.32 Å². The van der Waals surface area contributed by atoms with Gasteiger partial charge in [0, 0.05) is 12.5 Å². The average molecular weight is 339 g/mol. The Kier molecular flexibility index (Phi) is 11.8. The van der Waals surface area contributed by atoms with Crippen LogP contribution in [0.1, 0.15) is 53.4 Å². The zero-order chi connectivity index (χ0) is 17.0. The maximum absolute atomic E-state index is 12.1. The molecule has 0 aliphatic heterocycles. The maximum Gasteiger partial charge on any atom is 0.502 e. The van der Waals surface area contributed by atoms with Gasteiger partial charge in [-0.25, -0.2) is 9.45 Å². The first kappa shape index (κ1) is 21.5. The molecule has 22 heavy (non-hydrogen) atoms. The third-order valence-corrected chi connectivity index (χ3v) is 4.16. The van der Waals surface area contributed by atoms with Gasteiger partial charge in [0.1, 0.15) is 0 Å². The molecule has 0 heterocycles. The lowest BCUT2D eigenvalue weighted by Gasteiger charge is -2.17. The Bertz CT molecular complexity index is 348. The molecule has 0 saturated heterocycles. The van der Waals surface area contributed by atoms with Crippen LogP contribution in [0.4, 0.5) is 0 Å². The zero-order valence-corrected chi connectivity index (χ0v) is 15.2. The first-order valence-corrected chi connectivity index (χ1v) is 9.20. The number of amides is 1. The molecule has 0 fully saturated rings. The Hall–Kier alpha value is -0.460. The van der Waals surface area contributed by atoms with Gasteiger partial charge in [-0.2, -0.15) is 0 Å². The lowest BCUT2D eigenvalue weighted by molar-refractivity contribution is -0.203. The van der Waals surface area contributed by atoms with Crippen LogP contribution in [0, 0.1) is 5.92 Å². The van der Waals surface area contributed by atoms with Crippen molar-refractivity contribution in [2.75, 3.05) is 20.3 Å². The van der Waals surface area contributed by atoms with E-state index < -0.39 is 7.82 Å². The SMILES string of the molecule is COOP(=O)(OCCCCCCNC(=O)C(C)C)OC(C)C. The summed E-state index contributed by atoms with van der Waals surface area (Å²) in [6.45, 7) is 8.16. The molecule has 0 aromatic rings. The van der Waals surface area contributed by atoms with Crippen LogP contribution in [0.3, 0.4) is 0 Å². The fourth-order valence-corrected chi connectivity index (χ4v) is 2.78. The normalized spacial score (nSPS) is 14.3. The molecule has 0 bridgehead atoms. The topological polar surface area (TPSA) is 83.1 Å². The first-order valence-electron chi connectivity index (χ1n) is 7.74. The molecule has 1 N–H and O–H groups in total. The molecule has 132 valence electrons. The zero-order valence-electron chi connectivity index (χ0n) is 14.3. The molecule has 1 amide bonds. The van der Waals surface area contributed by atoms with Crippen molar-refractivity contribution in [1.29, 1.82) is 0 Å². The fourth-order valence-electron chi connectivity index (χ4n) is 1.59. The molecule has 0 rings (SSSR count). The van der Waals surface area contributed by atoms with Gasteiger partial charge in [-0.05, 0) is 26.7 Å². The molecule has 0 aliphatic rings. The largest absolute Gasteiger partial charge is 0.502 e. The van der Waals surface area contributed by atoms with E-state index in [0.717, 1.165) is 25.7 Å². The predicted octanol–water partition coefficient (Wildman–Crippen LogP) is 3.45. The number of hydrogen-bond acceptors (Lipinski definition) is 6. The van der Waals surface area contributed by atoms with E-state index in [1.54, 1.807) is 13.8 Å². The highest BCUT2D eigenvalue weighted by atomic mass is 31.2. The van der Waals surface area contributed by atoms with Crippen molar-refractivity contribution >= 4 is 13.7 Å². The van der Waals surface area contributed by atoms with E-state index in [1.165, 1.54) is 7.11 Å². The molecule has 0 aliphatic carbocycles. The molecular weight excluding hydrogens is 309 g/mol. The van der Waals surface area contributed by atoms with Crippen LogP contribution in [-0.2, 0) is 28.0 Å². The Morgan fingerprint density at radius 3 is 2.27 bits per heavy atom. The van der Waals surface area contributed by atoms with Crippen LogP contribution < -0.4 is 5.32 Å². The third kappa shape index (κ3) is 11.2. The van der Waals surface area contributed by atoms with Crippen molar-refractivity contribution in [3.8, 4) is 0 Å². The number of hydrogen-bond donors (Lipinski definition) is 1. The minimum Gasteiger partial charge on any atom is -0.356 e. The number of carbonyl (C=O) groups excluding carboxylic acids is 1. The Morgan fingerprint density at radius 2 is 1.73 bits per heavy atom. The second-order valence-corrected chi connectivity index (χ2v) is 7.05. The molecular formula is C14H30NO6P. The van der Waals surface area contributed by atoms with Gasteiger partial charge in [0.25, 0.3) is 0 Å². The van der Waals surface area contributed by atoms with E-state index in [2.05, 4.69) is 14.9 Å². The van der Waals surface area contributed by atoms with Gasteiger partial charge in [0.2, 0.25) is 5.91 Å². The third-order valence-electron chi connectivity index (χ3n) is 2.65. The standard InChI is InChI=1S/C14H30NO6P/c1-12(2)14(16)15-10-8-6-7-9-11-19-22(17,21-18-5)20-13(3)4/h12-13H,6-11H2,1-5H3,(H,15,16). The van der Waals surface area contributed by atoms with Gasteiger partial charge in [-0.15, -0.1) is 4.67 Å². The van der Waals surface area contributed by atoms with Gasteiger partial charge in [0.15, 0.2) is 0 Å². The number of carbonyl (C=O) groups is 1. The molecule has 8 heteroatoms. The van der Waals surface area contributed by atoms with E-state index in [1.807, 2.05) is 13.8 Å². The summed E-state index contributed by atoms with van der Waals surface area (Å²) in [7, 11) is -2.39. The molecule has 1 unspecified atom stereocenters. The molecule has 0 radical (unpaired) electrons. The summed E-state index contributed by atoms with van der Waals surface area (Å²) in [5.41, 5.74) is 0. The van der Waals surface area contributed by atoms with Crippen LogP contribution >= 0.6 is 7.82 Å². The van der Waals surface area contributed by atoms with Crippen LogP contribution in [0.2, 0.25) is 0 Å². The van der Waals surface area contributed by atoms with Crippen molar-refractivity contribution in [3.05, 3.63) is 0 Å². The summed E-state index contributed by atoms with van der Waals surface area (Å²) in [5.74, 6) is 0.0936. The van der Waals surface area contributed by atoms with E-state index in [-0.39, 0.29) is 24.5 Å². The highest BCUT2D eigenvalue weighted by Gasteiger charge is 2.29. The maximum atomic E-state index is 12.1. The van der Waals surface area contributed by atoms with Crippen LogP contribution in [0.15, 0.2) is 0 Å². The molecule has 1 atom stereocenters. The second-order valence-electron chi connectivity index (χ2n) is 5.54. The first-order chi connectivity index (χ1) is 10.3. The minimum atomic E-state index is -3.64. The summed E-state index contributed by atoms with van der Waals surface area (Å²) in [6, 6.07) is 0. The number of nitrogens with one attached hydrogen (secondary N) is 1. The van der Waals surface area contributed by atoms with Crippen molar-refractivity contribution < 1.29 is 28.0 Å². The minimum absolute atomic E-state index is 0.0179. The number of phosphoric acid groups is 1. The quantitative estimate of drug-likeness (QED) is 0.239. The van der Waals surface area contributed by atoms with Gasteiger partial charge in [-0.3, -0.25) is 13.8 Å². The molecule has 0 saturated carbocycles. The number of unbranched alkanes of at least 4 members (excludes halogenated alkanes) is 3. The van der Waals surface area contributed by atoms with E-state index in [9.17, 15) is 9.36 Å². The lowest BCUT2D eigenvalue weighted by Crippen LogP contribution is -2.28. The molecule has 7 nitrogen and oxygen atoms in total. The highest BCUT2D eigenvalue weighted by molar-refractivity contribution is 7.48. The Morgan fingerprint density at radius 1 is 1.09 bits per heavy atom. The van der Waals surface area contributed by atoms with E-state index in [4.69, 9.17) is 9.05 Å². The monoisotopic (exact) mass is 339 g/mol.